The lowest BCUT2D eigenvalue weighted by Crippen LogP contribution is -2.11. The fourth-order valence-electron chi connectivity index (χ4n) is 2.11. The summed E-state index contributed by atoms with van der Waals surface area (Å²) in [5.74, 6) is -2.84. The minimum absolute atomic E-state index is 0.0225. The van der Waals surface area contributed by atoms with Gasteiger partial charge in [-0.3, -0.25) is 0 Å². The number of aliphatic carboxylic acids is 2. The Morgan fingerprint density at radius 1 is 0.667 bits per heavy atom. The first-order chi connectivity index (χ1) is 11.4. The van der Waals surface area contributed by atoms with Crippen molar-refractivity contribution in [1.29, 1.82) is 0 Å². The summed E-state index contributed by atoms with van der Waals surface area (Å²) < 4.78 is 26.2. The van der Waals surface area contributed by atoms with Gasteiger partial charge in [-0.2, -0.15) is 0 Å². The minimum atomic E-state index is -1.62. The maximum Gasteiger partial charge on any atom is 0.343 e. The van der Waals surface area contributed by atoms with Gasteiger partial charge in [0.15, 0.2) is 11.5 Å². The smallest absolute Gasteiger partial charge is 0.343 e. The summed E-state index contributed by atoms with van der Waals surface area (Å²) in [6, 6.07) is 0. The van der Waals surface area contributed by atoms with Crippen molar-refractivity contribution < 1.29 is 43.5 Å². The normalized spacial score (nSPS) is 9.71. The van der Waals surface area contributed by atoms with Crippen LogP contribution < -0.4 is 23.7 Å². The van der Waals surface area contributed by atoms with Gasteiger partial charge in [0.25, 0.3) is 0 Å². The summed E-state index contributed by atoms with van der Waals surface area (Å²) >= 11 is 0. The molecule has 0 bridgehead atoms. The molecule has 1 aromatic carbocycles. The van der Waals surface area contributed by atoms with E-state index in [-0.39, 0.29) is 34.3 Å². The van der Waals surface area contributed by atoms with Crippen molar-refractivity contribution in [1.82, 2.24) is 0 Å². The van der Waals surface area contributed by atoms with E-state index in [4.69, 9.17) is 33.9 Å². The third kappa shape index (κ3) is 3.29. The quantitative estimate of drug-likeness (QED) is 0.409. The van der Waals surface area contributed by atoms with Gasteiger partial charge < -0.3 is 33.9 Å². The summed E-state index contributed by atoms with van der Waals surface area (Å²) in [6.07, 6.45) is 0.896. The van der Waals surface area contributed by atoms with Crippen molar-refractivity contribution in [3.63, 3.8) is 0 Å². The van der Waals surface area contributed by atoms with Crippen LogP contribution in [-0.2, 0) is 9.59 Å². The average molecular weight is 342 g/mol. The number of carbonyl (C=O) groups is 2. The molecule has 0 spiro atoms. The van der Waals surface area contributed by atoms with Crippen LogP contribution in [0.2, 0.25) is 0 Å². The van der Waals surface area contributed by atoms with Gasteiger partial charge in [0.1, 0.15) is 5.57 Å². The lowest BCUT2D eigenvalue weighted by Gasteiger charge is -2.20. The van der Waals surface area contributed by atoms with Crippen molar-refractivity contribution in [2.24, 2.45) is 0 Å². The van der Waals surface area contributed by atoms with Crippen LogP contribution in [0, 0.1) is 0 Å². The van der Waals surface area contributed by atoms with Crippen molar-refractivity contribution in [2.75, 3.05) is 35.5 Å². The zero-order valence-electron chi connectivity index (χ0n) is 13.8. The molecule has 1 rings (SSSR count). The molecule has 0 unspecified atom stereocenters. The maximum atomic E-state index is 11.2. The van der Waals surface area contributed by atoms with E-state index in [2.05, 4.69) is 0 Å². The van der Waals surface area contributed by atoms with E-state index in [0.717, 1.165) is 6.08 Å². The molecule has 0 radical (unpaired) electrons. The number of hydrogen-bond donors (Lipinski definition) is 2. The van der Waals surface area contributed by atoms with E-state index in [9.17, 15) is 9.59 Å². The third-order valence-corrected chi connectivity index (χ3v) is 3.08. The number of carboxylic acids is 2. The monoisotopic (exact) mass is 342 g/mol. The van der Waals surface area contributed by atoms with Gasteiger partial charge in [0.05, 0.1) is 41.1 Å². The molecule has 0 aliphatic carbocycles. The molecule has 0 aliphatic heterocycles. The first-order valence-corrected chi connectivity index (χ1v) is 6.49. The molecule has 0 aromatic heterocycles. The molecular formula is C15H18O9. The first kappa shape index (κ1) is 18.9. The Morgan fingerprint density at radius 2 is 0.958 bits per heavy atom. The molecule has 0 saturated carbocycles. The van der Waals surface area contributed by atoms with Crippen molar-refractivity contribution in [3.05, 3.63) is 11.1 Å². The second-order valence-corrected chi connectivity index (χ2v) is 4.25. The van der Waals surface area contributed by atoms with E-state index in [1.54, 1.807) is 0 Å². The number of rotatable bonds is 8. The standard InChI is InChI=1S/C15H18O9/c1-20-9-7(6-8(14(16)17)15(18)19)10(21-2)12(23-4)13(24-5)11(9)22-3/h6H,1-5H3,(H,16,17)(H,18,19). The van der Waals surface area contributed by atoms with Crippen molar-refractivity contribution in [2.45, 2.75) is 0 Å². The molecule has 0 amide bonds. The van der Waals surface area contributed by atoms with Crippen LogP contribution in [0.4, 0.5) is 0 Å². The summed E-state index contributed by atoms with van der Waals surface area (Å²) in [6.45, 7) is 0. The van der Waals surface area contributed by atoms with E-state index in [0.29, 0.717) is 0 Å². The van der Waals surface area contributed by atoms with Gasteiger partial charge in [-0.15, -0.1) is 0 Å². The van der Waals surface area contributed by atoms with E-state index in [1.807, 2.05) is 0 Å². The van der Waals surface area contributed by atoms with Crippen LogP contribution in [-0.4, -0.2) is 57.7 Å². The zero-order chi connectivity index (χ0) is 18.4. The molecule has 9 nitrogen and oxygen atoms in total. The van der Waals surface area contributed by atoms with Gasteiger partial charge in [0.2, 0.25) is 17.2 Å². The first-order valence-electron chi connectivity index (χ1n) is 6.49. The highest BCUT2D eigenvalue weighted by Crippen LogP contribution is 2.53. The molecule has 0 saturated heterocycles. The molecule has 24 heavy (non-hydrogen) atoms. The molecule has 0 atom stereocenters. The van der Waals surface area contributed by atoms with Gasteiger partial charge in [-0.25, -0.2) is 9.59 Å². The minimum Gasteiger partial charge on any atom is -0.492 e. The fourth-order valence-corrected chi connectivity index (χ4v) is 2.11. The third-order valence-electron chi connectivity index (χ3n) is 3.08. The van der Waals surface area contributed by atoms with E-state index in [1.165, 1.54) is 35.5 Å². The largest absolute Gasteiger partial charge is 0.492 e. The highest BCUT2D eigenvalue weighted by Gasteiger charge is 2.29. The number of methoxy groups -OCH3 is 5. The Balaban J connectivity index is 3.97. The van der Waals surface area contributed by atoms with Crippen LogP contribution in [0.1, 0.15) is 5.56 Å². The zero-order valence-corrected chi connectivity index (χ0v) is 13.8. The SMILES string of the molecule is COc1c(C=C(C(=O)O)C(=O)O)c(OC)c(OC)c(OC)c1OC. The van der Waals surface area contributed by atoms with Gasteiger partial charge in [0, 0.05) is 0 Å². The summed E-state index contributed by atoms with van der Waals surface area (Å²) in [7, 11) is 6.67. The predicted octanol–water partition coefficient (Wildman–Crippen LogP) is 1.28. The highest BCUT2D eigenvalue weighted by molar-refractivity contribution is 6.16. The Hall–Kier alpha value is -3.10. The second-order valence-electron chi connectivity index (χ2n) is 4.25. The van der Waals surface area contributed by atoms with Crippen molar-refractivity contribution in [3.8, 4) is 28.7 Å². The molecule has 1 aromatic rings. The van der Waals surface area contributed by atoms with Crippen LogP contribution in [0.25, 0.3) is 6.08 Å². The maximum absolute atomic E-state index is 11.2. The Bertz CT molecular complexity index is 627. The Labute approximate surface area is 138 Å². The highest BCUT2D eigenvalue weighted by atomic mass is 16.6. The molecule has 0 aliphatic rings. The summed E-state index contributed by atoms with van der Waals surface area (Å²) in [4.78, 5) is 22.3. The average Bonchev–Trinajstić information content (AvgIpc) is 2.56. The van der Waals surface area contributed by atoms with Crippen LogP contribution in [0.3, 0.4) is 0 Å². The second kappa shape index (κ2) is 7.95. The Morgan fingerprint density at radius 3 is 1.21 bits per heavy atom. The number of carboxylic acid groups (broad SMARTS) is 2. The van der Waals surface area contributed by atoms with Crippen LogP contribution in [0.5, 0.6) is 28.7 Å². The number of hydrogen-bond acceptors (Lipinski definition) is 7. The number of benzene rings is 1. The van der Waals surface area contributed by atoms with Gasteiger partial charge >= 0.3 is 11.9 Å². The summed E-state index contributed by atoms with van der Waals surface area (Å²) in [5, 5.41) is 18.1. The van der Waals surface area contributed by atoms with E-state index < -0.39 is 17.5 Å². The lowest BCUT2D eigenvalue weighted by atomic mass is 10.1. The molecule has 2 N–H and O–H groups in total. The molecule has 0 heterocycles. The van der Waals surface area contributed by atoms with Gasteiger partial charge in [-0.1, -0.05) is 0 Å². The number of ether oxygens (including phenoxy) is 5. The predicted molar refractivity (Wildman–Crippen MR) is 82.5 cm³/mol. The molecule has 0 fully saturated rings. The van der Waals surface area contributed by atoms with Crippen molar-refractivity contribution >= 4 is 18.0 Å². The molecular weight excluding hydrogens is 324 g/mol. The topological polar surface area (TPSA) is 121 Å². The summed E-state index contributed by atoms with van der Waals surface area (Å²) in [5.41, 5.74) is -0.866. The van der Waals surface area contributed by atoms with Gasteiger partial charge in [-0.05, 0) is 6.08 Å². The van der Waals surface area contributed by atoms with Crippen LogP contribution in [0.15, 0.2) is 5.57 Å². The molecule has 9 heteroatoms. The Kier molecular flexibility index (Phi) is 6.28. The fraction of sp³-hybridized carbons (Fsp3) is 0.333. The molecule has 132 valence electrons. The van der Waals surface area contributed by atoms with E-state index >= 15 is 0 Å². The van der Waals surface area contributed by atoms with Crippen LogP contribution >= 0.6 is 0 Å². The lowest BCUT2D eigenvalue weighted by molar-refractivity contribution is -0.140.